The fraction of sp³-hybridized carbons (Fsp3) is 1.00. The Kier molecular flexibility index (Phi) is 4.46. The number of alkyl halides is 2. The van der Waals surface area contributed by atoms with E-state index >= 15 is 0 Å². The SMILES string of the molecule is CC1CC(Cl)(Cl)CCC1C1CCCCCC1. The summed E-state index contributed by atoms with van der Waals surface area (Å²) in [6, 6.07) is 0. The molecule has 16 heavy (non-hydrogen) atoms. The summed E-state index contributed by atoms with van der Waals surface area (Å²) in [6.45, 7) is 2.36. The quantitative estimate of drug-likeness (QED) is 0.428. The zero-order valence-electron chi connectivity index (χ0n) is 10.4. The van der Waals surface area contributed by atoms with Crippen LogP contribution in [0.25, 0.3) is 0 Å². The average molecular weight is 263 g/mol. The third kappa shape index (κ3) is 3.29. The van der Waals surface area contributed by atoms with Crippen molar-refractivity contribution in [1.82, 2.24) is 0 Å². The Bertz CT molecular complexity index is 217. The van der Waals surface area contributed by atoms with E-state index in [1.807, 2.05) is 0 Å². The van der Waals surface area contributed by atoms with Gasteiger partial charge in [0.1, 0.15) is 4.33 Å². The van der Waals surface area contributed by atoms with Crippen LogP contribution in [0.3, 0.4) is 0 Å². The molecule has 2 saturated carbocycles. The first kappa shape index (κ1) is 13.0. The zero-order valence-corrected chi connectivity index (χ0v) is 11.9. The van der Waals surface area contributed by atoms with Crippen molar-refractivity contribution in [2.24, 2.45) is 17.8 Å². The molecule has 0 saturated heterocycles. The van der Waals surface area contributed by atoms with Crippen molar-refractivity contribution in [3.63, 3.8) is 0 Å². The van der Waals surface area contributed by atoms with E-state index in [-0.39, 0.29) is 0 Å². The van der Waals surface area contributed by atoms with Crippen molar-refractivity contribution in [2.45, 2.75) is 69.0 Å². The van der Waals surface area contributed by atoms with Crippen molar-refractivity contribution in [1.29, 1.82) is 0 Å². The van der Waals surface area contributed by atoms with Gasteiger partial charge in [-0.2, -0.15) is 0 Å². The van der Waals surface area contributed by atoms with Crippen molar-refractivity contribution in [2.75, 3.05) is 0 Å². The molecule has 0 nitrogen and oxygen atoms in total. The summed E-state index contributed by atoms with van der Waals surface area (Å²) >= 11 is 12.5. The van der Waals surface area contributed by atoms with E-state index in [0.29, 0.717) is 5.92 Å². The number of hydrogen-bond donors (Lipinski definition) is 0. The second-order valence-electron chi connectivity index (χ2n) is 5.99. The van der Waals surface area contributed by atoms with Gasteiger partial charge in [-0.05, 0) is 37.0 Å². The molecule has 0 radical (unpaired) electrons. The molecule has 2 fully saturated rings. The van der Waals surface area contributed by atoms with E-state index in [1.165, 1.54) is 44.9 Å². The Balaban J connectivity index is 1.93. The maximum absolute atomic E-state index is 6.27. The lowest BCUT2D eigenvalue weighted by Gasteiger charge is -2.40. The van der Waals surface area contributed by atoms with Gasteiger partial charge < -0.3 is 0 Å². The summed E-state index contributed by atoms with van der Waals surface area (Å²) in [5.74, 6) is 2.57. The van der Waals surface area contributed by atoms with Crippen molar-refractivity contribution in [3.05, 3.63) is 0 Å². The highest BCUT2D eigenvalue weighted by Gasteiger charge is 2.39. The molecule has 0 heterocycles. The molecule has 2 aliphatic carbocycles. The van der Waals surface area contributed by atoms with Crippen LogP contribution < -0.4 is 0 Å². The lowest BCUT2D eigenvalue weighted by molar-refractivity contribution is 0.154. The fourth-order valence-electron chi connectivity index (χ4n) is 3.83. The van der Waals surface area contributed by atoms with Crippen molar-refractivity contribution >= 4 is 23.2 Å². The van der Waals surface area contributed by atoms with Crippen LogP contribution in [-0.2, 0) is 0 Å². The van der Waals surface area contributed by atoms with Crippen LogP contribution in [0.2, 0.25) is 0 Å². The molecular formula is C14H24Cl2. The molecule has 0 bridgehead atoms. The first-order chi connectivity index (χ1) is 7.58. The first-order valence-corrected chi connectivity index (χ1v) is 7.72. The first-order valence-electron chi connectivity index (χ1n) is 6.96. The highest BCUT2D eigenvalue weighted by molar-refractivity contribution is 6.48. The molecule has 0 amide bonds. The van der Waals surface area contributed by atoms with Crippen LogP contribution in [0, 0.1) is 17.8 Å². The highest BCUT2D eigenvalue weighted by Crippen LogP contribution is 2.47. The molecule has 2 aliphatic rings. The van der Waals surface area contributed by atoms with Gasteiger partial charge in [0.05, 0.1) is 0 Å². The summed E-state index contributed by atoms with van der Waals surface area (Å²) in [5, 5.41) is 0. The second kappa shape index (κ2) is 5.48. The minimum atomic E-state index is -0.430. The largest absolute Gasteiger partial charge is 0.118 e. The molecule has 0 spiro atoms. The van der Waals surface area contributed by atoms with Crippen LogP contribution in [0.4, 0.5) is 0 Å². The molecule has 0 aliphatic heterocycles. The normalized spacial score (nSPS) is 36.9. The van der Waals surface area contributed by atoms with Gasteiger partial charge in [-0.25, -0.2) is 0 Å². The molecule has 2 rings (SSSR count). The van der Waals surface area contributed by atoms with Crippen LogP contribution >= 0.6 is 23.2 Å². The van der Waals surface area contributed by atoms with Gasteiger partial charge >= 0.3 is 0 Å². The fourth-order valence-corrected chi connectivity index (χ4v) is 4.53. The molecule has 0 aromatic heterocycles. The third-order valence-electron chi connectivity index (χ3n) is 4.70. The second-order valence-corrected chi connectivity index (χ2v) is 7.63. The number of rotatable bonds is 1. The molecule has 0 aromatic rings. The van der Waals surface area contributed by atoms with E-state index in [1.54, 1.807) is 0 Å². The molecule has 2 atom stereocenters. The maximum atomic E-state index is 6.27. The van der Waals surface area contributed by atoms with Gasteiger partial charge in [-0.1, -0.05) is 45.4 Å². The van der Waals surface area contributed by atoms with Gasteiger partial charge in [0, 0.05) is 0 Å². The van der Waals surface area contributed by atoms with Crippen LogP contribution in [-0.4, -0.2) is 4.33 Å². The Morgan fingerprint density at radius 2 is 1.56 bits per heavy atom. The highest BCUT2D eigenvalue weighted by atomic mass is 35.5. The van der Waals surface area contributed by atoms with Crippen LogP contribution in [0.15, 0.2) is 0 Å². The van der Waals surface area contributed by atoms with Gasteiger partial charge in [0.25, 0.3) is 0 Å². The maximum Gasteiger partial charge on any atom is 0.118 e. The average Bonchev–Trinajstić information content (AvgIpc) is 2.44. The molecule has 2 heteroatoms. The summed E-state index contributed by atoms with van der Waals surface area (Å²) < 4.78 is -0.430. The number of hydrogen-bond acceptors (Lipinski definition) is 0. The Morgan fingerprint density at radius 1 is 0.938 bits per heavy atom. The van der Waals surface area contributed by atoms with Crippen molar-refractivity contribution < 1.29 is 0 Å². The summed E-state index contributed by atoms with van der Waals surface area (Å²) in [7, 11) is 0. The van der Waals surface area contributed by atoms with Gasteiger partial charge in [0.15, 0.2) is 0 Å². The third-order valence-corrected chi connectivity index (χ3v) is 5.39. The molecule has 94 valence electrons. The van der Waals surface area contributed by atoms with E-state index in [9.17, 15) is 0 Å². The summed E-state index contributed by atoms with van der Waals surface area (Å²) in [4.78, 5) is 0. The van der Waals surface area contributed by atoms with Gasteiger partial charge in [-0.15, -0.1) is 23.2 Å². The summed E-state index contributed by atoms with van der Waals surface area (Å²) in [5.41, 5.74) is 0. The zero-order chi connectivity index (χ0) is 11.6. The molecule has 2 unspecified atom stereocenters. The van der Waals surface area contributed by atoms with Gasteiger partial charge in [0.2, 0.25) is 0 Å². The van der Waals surface area contributed by atoms with Crippen LogP contribution in [0.5, 0.6) is 0 Å². The van der Waals surface area contributed by atoms with E-state index in [0.717, 1.165) is 24.7 Å². The van der Waals surface area contributed by atoms with E-state index in [4.69, 9.17) is 23.2 Å². The lowest BCUT2D eigenvalue weighted by Crippen LogP contribution is -2.33. The molecule has 0 aromatic carbocycles. The summed E-state index contributed by atoms with van der Waals surface area (Å²) in [6.07, 6.45) is 11.9. The molecule has 0 N–H and O–H groups in total. The number of halogens is 2. The topological polar surface area (TPSA) is 0 Å². The smallest absolute Gasteiger partial charge is 0.102 e. The lowest BCUT2D eigenvalue weighted by atomic mass is 9.70. The van der Waals surface area contributed by atoms with Crippen molar-refractivity contribution in [3.8, 4) is 0 Å². The Morgan fingerprint density at radius 3 is 2.12 bits per heavy atom. The molecular weight excluding hydrogens is 239 g/mol. The predicted molar refractivity (Wildman–Crippen MR) is 72.1 cm³/mol. The minimum Gasteiger partial charge on any atom is -0.102 e. The van der Waals surface area contributed by atoms with E-state index in [2.05, 4.69) is 6.92 Å². The van der Waals surface area contributed by atoms with Crippen LogP contribution in [0.1, 0.15) is 64.7 Å². The Labute approximate surface area is 110 Å². The predicted octanol–water partition coefficient (Wildman–Crippen LogP) is 5.57. The Hall–Kier alpha value is 0.580. The monoisotopic (exact) mass is 262 g/mol. The van der Waals surface area contributed by atoms with E-state index < -0.39 is 4.33 Å². The standard InChI is InChI=1S/C14H24Cl2/c1-11-10-14(15,16)9-8-13(11)12-6-4-2-3-5-7-12/h11-13H,2-10H2,1H3. The van der Waals surface area contributed by atoms with Gasteiger partial charge in [-0.3, -0.25) is 0 Å². The minimum absolute atomic E-state index is 0.430.